The van der Waals surface area contributed by atoms with E-state index in [0.717, 1.165) is 11.4 Å². The molecule has 2 heterocycles. The number of halogens is 2. The minimum atomic E-state index is -0.458. The maximum Gasteiger partial charge on any atom is 0.220 e. The van der Waals surface area contributed by atoms with Gasteiger partial charge in [0.25, 0.3) is 0 Å². The molecule has 0 atom stereocenters. The zero-order valence-electron chi connectivity index (χ0n) is 14.5. The van der Waals surface area contributed by atoms with Crippen LogP contribution in [0.1, 0.15) is 12.0 Å². The molecule has 3 aromatic rings. The molecule has 27 heavy (non-hydrogen) atoms. The van der Waals surface area contributed by atoms with Crippen LogP contribution in [0, 0.1) is 5.82 Å². The summed E-state index contributed by atoms with van der Waals surface area (Å²) in [6.45, 7) is 0.996. The Morgan fingerprint density at radius 3 is 2.63 bits per heavy atom. The van der Waals surface area contributed by atoms with E-state index < -0.39 is 5.82 Å². The van der Waals surface area contributed by atoms with E-state index in [4.69, 9.17) is 11.6 Å². The highest BCUT2D eigenvalue weighted by Gasteiger charge is 2.05. The van der Waals surface area contributed by atoms with Gasteiger partial charge in [0.15, 0.2) is 5.82 Å². The molecule has 0 saturated heterocycles. The molecular formula is C19H19ClFN5O. The van der Waals surface area contributed by atoms with Crippen LogP contribution < -0.4 is 10.6 Å². The summed E-state index contributed by atoms with van der Waals surface area (Å²) in [4.78, 5) is 11.9. The number of carbonyl (C=O) groups is 1. The van der Waals surface area contributed by atoms with Gasteiger partial charge in [-0.15, -0.1) is 10.2 Å². The van der Waals surface area contributed by atoms with E-state index in [9.17, 15) is 9.18 Å². The fraction of sp³-hybridized carbons (Fsp3) is 0.211. The van der Waals surface area contributed by atoms with Gasteiger partial charge in [0, 0.05) is 31.9 Å². The fourth-order valence-electron chi connectivity index (χ4n) is 2.48. The highest BCUT2D eigenvalue weighted by Crippen LogP contribution is 2.16. The van der Waals surface area contributed by atoms with Crippen molar-refractivity contribution in [1.82, 2.24) is 20.1 Å². The van der Waals surface area contributed by atoms with Gasteiger partial charge in [-0.05, 0) is 48.4 Å². The molecule has 0 saturated carbocycles. The SMILES string of the molecule is O=C(CCc1ccc(F)c(Cl)c1)NCCNc1ccc(-n2cccc2)nn1. The predicted molar refractivity (Wildman–Crippen MR) is 103 cm³/mol. The van der Waals surface area contributed by atoms with Crippen molar-refractivity contribution < 1.29 is 9.18 Å². The lowest BCUT2D eigenvalue weighted by molar-refractivity contribution is -0.120. The first-order valence-corrected chi connectivity index (χ1v) is 8.91. The molecular weight excluding hydrogens is 369 g/mol. The largest absolute Gasteiger partial charge is 0.367 e. The number of nitrogens with zero attached hydrogens (tertiary/aromatic N) is 3. The summed E-state index contributed by atoms with van der Waals surface area (Å²) in [7, 11) is 0. The monoisotopic (exact) mass is 387 g/mol. The third kappa shape index (κ3) is 5.52. The molecule has 1 amide bonds. The van der Waals surface area contributed by atoms with Crippen molar-refractivity contribution in [1.29, 1.82) is 0 Å². The van der Waals surface area contributed by atoms with Crippen molar-refractivity contribution in [2.24, 2.45) is 0 Å². The third-order valence-corrected chi connectivity index (χ3v) is 4.19. The standard InChI is InChI=1S/C19H19ClFN5O/c20-15-13-14(3-5-16(15)21)4-8-19(27)23-10-9-22-17-6-7-18(25-24-17)26-11-1-2-12-26/h1-3,5-7,11-13H,4,8-10H2,(H,22,24)(H,23,27). The Labute approximate surface area is 161 Å². The lowest BCUT2D eigenvalue weighted by atomic mass is 10.1. The normalized spacial score (nSPS) is 10.6. The number of aromatic nitrogens is 3. The second kappa shape index (κ2) is 9.14. The van der Waals surface area contributed by atoms with Crippen LogP contribution >= 0.6 is 11.6 Å². The van der Waals surface area contributed by atoms with Crippen molar-refractivity contribution in [2.75, 3.05) is 18.4 Å². The molecule has 0 bridgehead atoms. The molecule has 0 spiro atoms. The van der Waals surface area contributed by atoms with E-state index in [1.54, 1.807) is 12.1 Å². The van der Waals surface area contributed by atoms with Crippen LogP contribution in [-0.2, 0) is 11.2 Å². The van der Waals surface area contributed by atoms with Gasteiger partial charge in [-0.1, -0.05) is 17.7 Å². The van der Waals surface area contributed by atoms with Crippen molar-refractivity contribution in [2.45, 2.75) is 12.8 Å². The predicted octanol–water partition coefficient (Wildman–Crippen LogP) is 3.22. The molecule has 0 fully saturated rings. The molecule has 0 aliphatic carbocycles. The topological polar surface area (TPSA) is 71.8 Å². The van der Waals surface area contributed by atoms with E-state index in [2.05, 4.69) is 20.8 Å². The maximum absolute atomic E-state index is 13.1. The van der Waals surface area contributed by atoms with Gasteiger partial charge in [-0.25, -0.2) is 4.39 Å². The lowest BCUT2D eigenvalue weighted by Crippen LogP contribution is -2.29. The molecule has 2 aromatic heterocycles. The summed E-state index contributed by atoms with van der Waals surface area (Å²) >= 11 is 5.73. The minimum absolute atomic E-state index is 0.0704. The summed E-state index contributed by atoms with van der Waals surface area (Å²) in [5, 5.41) is 14.2. The molecule has 0 radical (unpaired) electrons. The van der Waals surface area contributed by atoms with Gasteiger partial charge in [0.2, 0.25) is 5.91 Å². The Morgan fingerprint density at radius 1 is 1.11 bits per heavy atom. The molecule has 0 aliphatic heterocycles. The van der Waals surface area contributed by atoms with Crippen LogP contribution in [0.2, 0.25) is 5.02 Å². The van der Waals surface area contributed by atoms with E-state index in [1.807, 2.05) is 41.2 Å². The zero-order valence-corrected chi connectivity index (χ0v) is 15.3. The number of aryl methyl sites for hydroxylation is 1. The number of anilines is 1. The van der Waals surface area contributed by atoms with Crippen LogP contribution in [-0.4, -0.2) is 33.8 Å². The summed E-state index contributed by atoms with van der Waals surface area (Å²) in [5.41, 5.74) is 0.827. The Kier molecular flexibility index (Phi) is 6.38. The van der Waals surface area contributed by atoms with E-state index in [-0.39, 0.29) is 10.9 Å². The third-order valence-electron chi connectivity index (χ3n) is 3.90. The van der Waals surface area contributed by atoms with Crippen molar-refractivity contribution in [3.8, 4) is 5.82 Å². The average molecular weight is 388 g/mol. The summed E-state index contributed by atoms with van der Waals surface area (Å²) in [6.07, 6.45) is 4.61. The molecule has 140 valence electrons. The smallest absolute Gasteiger partial charge is 0.220 e. The lowest BCUT2D eigenvalue weighted by Gasteiger charge is -2.08. The Bertz CT molecular complexity index is 884. The Balaban J connectivity index is 1.35. The number of hydrogen-bond donors (Lipinski definition) is 2. The number of amides is 1. The van der Waals surface area contributed by atoms with Gasteiger partial charge in [-0.2, -0.15) is 0 Å². The van der Waals surface area contributed by atoms with Crippen LogP contribution in [0.3, 0.4) is 0 Å². The Hall–Kier alpha value is -2.93. The molecule has 2 N–H and O–H groups in total. The van der Waals surface area contributed by atoms with Crippen LogP contribution in [0.25, 0.3) is 5.82 Å². The first-order valence-electron chi connectivity index (χ1n) is 8.53. The van der Waals surface area contributed by atoms with E-state index >= 15 is 0 Å². The van der Waals surface area contributed by atoms with Crippen LogP contribution in [0.4, 0.5) is 10.2 Å². The fourth-order valence-corrected chi connectivity index (χ4v) is 2.68. The molecule has 0 aliphatic rings. The molecule has 3 rings (SSSR count). The van der Waals surface area contributed by atoms with Gasteiger partial charge in [0.05, 0.1) is 5.02 Å². The van der Waals surface area contributed by atoms with Gasteiger partial charge >= 0.3 is 0 Å². The van der Waals surface area contributed by atoms with Gasteiger partial charge < -0.3 is 15.2 Å². The number of carbonyl (C=O) groups excluding carboxylic acids is 1. The second-order valence-corrected chi connectivity index (χ2v) is 6.30. The summed E-state index contributed by atoms with van der Waals surface area (Å²) in [6, 6.07) is 12.0. The Morgan fingerprint density at radius 2 is 1.93 bits per heavy atom. The first kappa shape index (κ1) is 18.8. The number of benzene rings is 1. The first-order chi connectivity index (χ1) is 13.1. The zero-order chi connectivity index (χ0) is 19.1. The second-order valence-electron chi connectivity index (χ2n) is 5.89. The highest BCUT2D eigenvalue weighted by atomic mass is 35.5. The van der Waals surface area contributed by atoms with Crippen LogP contribution in [0.5, 0.6) is 0 Å². The van der Waals surface area contributed by atoms with Crippen molar-refractivity contribution >= 4 is 23.3 Å². The molecule has 1 aromatic carbocycles. The molecule has 8 heteroatoms. The summed E-state index contributed by atoms with van der Waals surface area (Å²) < 4.78 is 15.0. The maximum atomic E-state index is 13.1. The minimum Gasteiger partial charge on any atom is -0.367 e. The van der Waals surface area contributed by atoms with Crippen molar-refractivity contribution in [3.63, 3.8) is 0 Å². The van der Waals surface area contributed by atoms with Gasteiger partial charge in [0.1, 0.15) is 11.6 Å². The number of rotatable bonds is 8. The number of nitrogens with one attached hydrogen (secondary N) is 2. The highest BCUT2D eigenvalue weighted by molar-refractivity contribution is 6.30. The quantitative estimate of drug-likeness (QED) is 0.582. The van der Waals surface area contributed by atoms with Crippen LogP contribution in [0.15, 0.2) is 54.9 Å². The van der Waals surface area contributed by atoms with E-state index in [0.29, 0.717) is 31.7 Å². The number of hydrogen-bond acceptors (Lipinski definition) is 4. The summed E-state index contributed by atoms with van der Waals surface area (Å²) in [5.74, 6) is 0.840. The molecule has 6 nitrogen and oxygen atoms in total. The average Bonchev–Trinajstić information content (AvgIpc) is 3.21. The molecule has 0 unspecified atom stereocenters. The van der Waals surface area contributed by atoms with E-state index in [1.165, 1.54) is 6.07 Å². The van der Waals surface area contributed by atoms with Crippen molar-refractivity contribution in [3.05, 3.63) is 71.3 Å². The van der Waals surface area contributed by atoms with Gasteiger partial charge in [-0.3, -0.25) is 4.79 Å².